The van der Waals surface area contributed by atoms with Gasteiger partial charge in [0.1, 0.15) is 0 Å². The van der Waals surface area contributed by atoms with Crippen molar-refractivity contribution < 1.29 is 4.79 Å². The van der Waals surface area contributed by atoms with Gasteiger partial charge in [-0.1, -0.05) is 12.8 Å². The fraction of sp³-hybridized carbons (Fsp3) is 0.733. The summed E-state index contributed by atoms with van der Waals surface area (Å²) in [5.41, 5.74) is 3.41. The van der Waals surface area contributed by atoms with Gasteiger partial charge < -0.3 is 10.2 Å². The van der Waals surface area contributed by atoms with Crippen LogP contribution in [0.4, 0.5) is 0 Å². The first kappa shape index (κ1) is 15.0. The molecule has 112 valence electrons. The van der Waals surface area contributed by atoms with Gasteiger partial charge in [0.15, 0.2) is 0 Å². The van der Waals surface area contributed by atoms with Gasteiger partial charge in [0.2, 0.25) is 5.91 Å². The van der Waals surface area contributed by atoms with Crippen LogP contribution >= 0.6 is 0 Å². The Morgan fingerprint density at radius 1 is 1.20 bits per heavy atom. The summed E-state index contributed by atoms with van der Waals surface area (Å²) in [4.78, 5) is 14.2. The molecule has 0 unspecified atom stereocenters. The number of nitrogens with zero attached hydrogens (tertiary/aromatic N) is 3. The van der Waals surface area contributed by atoms with E-state index < -0.39 is 0 Å². The zero-order valence-electron chi connectivity index (χ0n) is 12.9. The molecule has 1 saturated heterocycles. The molecule has 20 heavy (non-hydrogen) atoms. The molecule has 5 heteroatoms. The van der Waals surface area contributed by atoms with Crippen LogP contribution in [0.25, 0.3) is 0 Å². The van der Waals surface area contributed by atoms with Gasteiger partial charge in [0, 0.05) is 37.9 Å². The lowest BCUT2D eigenvalue weighted by Gasteiger charge is -2.20. The summed E-state index contributed by atoms with van der Waals surface area (Å²) >= 11 is 0. The van der Waals surface area contributed by atoms with Crippen molar-refractivity contribution in [2.24, 2.45) is 7.05 Å². The van der Waals surface area contributed by atoms with Crippen molar-refractivity contribution in [2.75, 3.05) is 19.6 Å². The Kier molecular flexibility index (Phi) is 5.17. The molecule has 1 aromatic heterocycles. The Bertz CT molecular complexity index is 459. The molecular formula is C15H26N4O. The molecule has 1 N–H and O–H groups in total. The standard InChI is InChI=1S/C15H26N4O/c1-12-14(13(2)18(3)17-12)10-16-11-15(20)19-8-6-4-5-7-9-19/h16H,4-11H2,1-3H3. The van der Waals surface area contributed by atoms with Crippen LogP contribution in [0.3, 0.4) is 0 Å². The second-order valence-corrected chi connectivity index (χ2v) is 5.67. The number of hydrogen-bond donors (Lipinski definition) is 1. The van der Waals surface area contributed by atoms with Crippen molar-refractivity contribution in [2.45, 2.75) is 46.1 Å². The largest absolute Gasteiger partial charge is 0.342 e. The summed E-state index contributed by atoms with van der Waals surface area (Å²) in [6, 6.07) is 0. The maximum atomic E-state index is 12.2. The van der Waals surface area contributed by atoms with Gasteiger partial charge in [0.05, 0.1) is 12.2 Å². The average molecular weight is 278 g/mol. The lowest BCUT2D eigenvalue weighted by atomic mass is 10.2. The zero-order chi connectivity index (χ0) is 14.5. The van der Waals surface area contributed by atoms with Crippen LogP contribution in [-0.4, -0.2) is 40.2 Å². The Labute approximate surface area is 121 Å². The summed E-state index contributed by atoms with van der Waals surface area (Å²) in [7, 11) is 1.95. The van der Waals surface area contributed by atoms with Gasteiger partial charge in [-0.3, -0.25) is 9.48 Å². The second-order valence-electron chi connectivity index (χ2n) is 5.67. The highest BCUT2D eigenvalue weighted by Crippen LogP contribution is 2.12. The minimum absolute atomic E-state index is 0.228. The first-order valence-electron chi connectivity index (χ1n) is 7.57. The Morgan fingerprint density at radius 2 is 1.85 bits per heavy atom. The van der Waals surface area contributed by atoms with E-state index in [-0.39, 0.29) is 5.91 Å². The summed E-state index contributed by atoms with van der Waals surface area (Å²) in [5, 5.41) is 7.66. The van der Waals surface area contributed by atoms with E-state index in [0.29, 0.717) is 13.1 Å². The highest BCUT2D eigenvalue weighted by Gasteiger charge is 2.15. The van der Waals surface area contributed by atoms with Crippen molar-refractivity contribution in [3.63, 3.8) is 0 Å². The normalized spacial score (nSPS) is 16.2. The van der Waals surface area contributed by atoms with Crippen LogP contribution in [0, 0.1) is 13.8 Å². The van der Waals surface area contributed by atoms with E-state index in [1.54, 1.807) is 0 Å². The quantitative estimate of drug-likeness (QED) is 0.908. The SMILES string of the molecule is Cc1nn(C)c(C)c1CNCC(=O)N1CCCCCC1. The minimum atomic E-state index is 0.228. The number of aromatic nitrogens is 2. The Hall–Kier alpha value is -1.36. The summed E-state index contributed by atoms with van der Waals surface area (Å²) in [6.07, 6.45) is 4.80. The van der Waals surface area contributed by atoms with Crippen LogP contribution in [0.15, 0.2) is 0 Å². The average Bonchev–Trinajstić information content (AvgIpc) is 2.67. The number of hydrogen-bond acceptors (Lipinski definition) is 3. The monoisotopic (exact) mass is 278 g/mol. The number of rotatable bonds is 4. The van der Waals surface area contributed by atoms with E-state index in [1.807, 2.05) is 23.6 Å². The first-order chi connectivity index (χ1) is 9.59. The molecule has 0 aliphatic carbocycles. The van der Waals surface area contributed by atoms with Gasteiger partial charge >= 0.3 is 0 Å². The predicted octanol–water partition coefficient (Wildman–Crippen LogP) is 1.53. The molecule has 1 fully saturated rings. The van der Waals surface area contributed by atoms with Crippen LogP contribution in [0.2, 0.25) is 0 Å². The molecule has 2 rings (SSSR count). The molecule has 2 heterocycles. The van der Waals surface area contributed by atoms with Crippen molar-refractivity contribution in [3.8, 4) is 0 Å². The van der Waals surface area contributed by atoms with Crippen LogP contribution in [-0.2, 0) is 18.4 Å². The van der Waals surface area contributed by atoms with E-state index in [2.05, 4.69) is 17.3 Å². The lowest BCUT2D eigenvalue weighted by molar-refractivity contribution is -0.130. The molecule has 5 nitrogen and oxygen atoms in total. The fourth-order valence-electron chi connectivity index (χ4n) is 2.80. The number of aryl methyl sites for hydroxylation is 2. The smallest absolute Gasteiger partial charge is 0.236 e. The summed E-state index contributed by atoms with van der Waals surface area (Å²) in [5.74, 6) is 0.228. The third-order valence-corrected chi connectivity index (χ3v) is 4.20. The second kappa shape index (κ2) is 6.88. The molecule has 0 aromatic carbocycles. The van der Waals surface area contributed by atoms with Gasteiger partial charge in [-0.05, 0) is 26.7 Å². The first-order valence-corrected chi connectivity index (χ1v) is 7.57. The van der Waals surface area contributed by atoms with Gasteiger partial charge in [0.25, 0.3) is 0 Å². The number of carbonyl (C=O) groups excluding carboxylic acids is 1. The van der Waals surface area contributed by atoms with E-state index in [9.17, 15) is 4.79 Å². The number of likely N-dealkylation sites (tertiary alicyclic amines) is 1. The van der Waals surface area contributed by atoms with E-state index >= 15 is 0 Å². The molecule has 1 aromatic rings. The zero-order valence-corrected chi connectivity index (χ0v) is 12.9. The maximum Gasteiger partial charge on any atom is 0.236 e. The number of nitrogens with one attached hydrogen (secondary N) is 1. The van der Waals surface area contributed by atoms with E-state index in [1.165, 1.54) is 18.4 Å². The maximum absolute atomic E-state index is 12.2. The minimum Gasteiger partial charge on any atom is -0.342 e. The van der Waals surface area contributed by atoms with Crippen LogP contribution < -0.4 is 5.32 Å². The van der Waals surface area contributed by atoms with Crippen molar-refractivity contribution in [3.05, 3.63) is 17.0 Å². The molecule has 0 saturated carbocycles. The predicted molar refractivity (Wildman–Crippen MR) is 79.4 cm³/mol. The number of carbonyl (C=O) groups is 1. The van der Waals surface area contributed by atoms with Crippen LogP contribution in [0.5, 0.6) is 0 Å². The van der Waals surface area contributed by atoms with Gasteiger partial charge in [-0.15, -0.1) is 0 Å². The third-order valence-electron chi connectivity index (χ3n) is 4.20. The molecule has 0 bridgehead atoms. The molecule has 0 radical (unpaired) electrons. The Morgan fingerprint density at radius 3 is 2.40 bits per heavy atom. The number of amides is 1. The van der Waals surface area contributed by atoms with E-state index in [4.69, 9.17) is 0 Å². The molecule has 1 aliphatic heterocycles. The fourth-order valence-corrected chi connectivity index (χ4v) is 2.80. The van der Waals surface area contributed by atoms with Crippen molar-refractivity contribution >= 4 is 5.91 Å². The van der Waals surface area contributed by atoms with Gasteiger partial charge in [-0.2, -0.15) is 5.10 Å². The highest BCUT2D eigenvalue weighted by atomic mass is 16.2. The van der Waals surface area contributed by atoms with Crippen molar-refractivity contribution in [1.82, 2.24) is 20.0 Å². The topological polar surface area (TPSA) is 50.2 Å². The molecule has 1 amide bonds. The lowest BCUT2D eigenvalue weighted by Crippen LogP contribution is -2.38. The van der Waals surface area contributed by atoms with Crippen molar-refractivity contribution in [1.29, 1.82) is 0 Å². The Balaban J connectivity index is 1.81. The molecule has 1 aliphatic rings. The molecule has 0 atom stereocenters. The van der Waals surface area contributed by atoms with Crippen LogP contribution in [0.1, 0.15) is 42.6 Å². The highest BCUT2D eigenvalue weighted by molar-refractivity contribution is 5.78. The third kappa shape index (κ3) is 3.60. The molecular weight excluding hydrogens is 252 g/mol. The summed E-state index contributed by atoms with van der Waals surface area (Å²) < 4.78 is 1.89. The molecule has 0 spiro atoms. The summed E-state index contributed by atoms with van der Waals surface area (Å²) in [6.45, 7) is 7.06. The van der Waals surface area contributed by atoms with E-state index in [0.717, 1.165) is 37.3 Å². The van der Waals surface area contributed by atoms with Gasteiger partial charge in [-0.25, -0.2) is 0 Å².